The number of carbonyl (C=O) groups is 1. The minimum absolute atomic E-state index is 0.259. The van der Waals surface area contributed by atoms with Crippen LogP contribution in [0.15, 0.2) is 0 Å². The van der Waals surface area contributed by atoms with Gasteiger partial charge in [-0.1, -0.05) is 6.92 Å². The molecule has 0 radical (unpaired) electrons. The predicted molar refractivity (Wildman–Crippen MR) is 65.4 cm³/mol. The third-order valence-corrected chi connectivity index (χ3v) is 3.99. The van der Waals surface area contributed by atoms with Crippen molar-refractivity contribution in [1.82, 2.24) is 9.80 Å². The van der Waals surface area contributed by atoms with Crippen molar-refractivity contribution < 1.29 is 4.79 Å². The standard InChI is InChI=1S/C13H24N2O/c1-11-8-15(7-5-13(11)16)10-12-4-3-6-14(2)9-12/h11-12H,3-10H2,1-2H3. The van der Waals surface area contributed by atoms with E-state index in [-0.39, 0.29) is 5.92 Å². The number of piperidine rings is 2. The van der Waals surface area contributed by atoms with Crippen LogP contribution in [0.1, 0.15) is 26.2 Å². The minimum Gasteiger partial charge on any atom is -0.306 e. The van der Waals surface area contributed by atoms with Crippen LogP contribution in [0.2, 0.25) is 0 Å². The van der Waals surface area contributed by atoms with Crippen molar-refractivity contribution in [2.75, 3.05) is 39.8 Å². The second-order valence-electron chi connectivity index (χ2n) is 5.65. The first-order valence-electron chi connectivity index (χ1n) is 6.59. The summed E-state index contributed by atoms with van der Waals surface area (Å²) in [6.45, 7) is 7.73. The molecule has 2 saturated heterocycles. The summed E-state index contributed by atoms with van der Waals surface area (Å²) in [4.78, 5) is 16.4. The molecule has 0 saturated carbocycles. The lowest BCUT2D eigenvalue weighted by molar-refractivity contribution is -0.125. The van der Waals surface area contributed by atoms with Gasteiger partial charge in [0.05, 0.1) is 0 Å². The number of nitrogens with zero attached hydrogens (tertiary/aromatic N) is 2. The van der Waals surface area contributed by atoms with Crippen molar-refractivity contribution in [3.63, 3.8) is 0 Å². The van der Waals surface area contributed by atoms with Crippen LogP contribution < -0.4 is 0 Å². The summed E-state index contributed by atoms with van der Waals surface area (Å²) in [7, 11) is 2.22. The highest BCUT2D eigenvalue weighted by Gasteiger charge is 2.26. The van der Waals surface area contributed by atoms with E-state index in [1.54, 1.807) is 0 Å². The molecule has 0 bridgehead atoms. The molecule has 0 aliphatic carbocycles. The van der Waals surface area contributed by atoms with Crippen LogP contribution in [0.3, 0.4) is 0 Å². The van der Waals surface area contributed by atoms with Crippen LogP contribution in [0.4, 0.5) is 0 Å². The van der Waals surface area contributed by atoms with Crippen molar-refractivity contribution in [3.05, 3.63) is 0 Å². The number of rotatable bonds is 2. The summed E-state index contributed by atoms with van der Waals surface area (Å²) < 4.78 is 0. The second-order valence-corrected chi connectivity index (χ2v) is 5.65. The third kappa shape index (κ3) is 3.05. The fourth-order valence-electron chi connectivity index (χ4n) is 3.05. The highest BCUT2D eigenvalue weighted by molar-refractivity contribution is 5.81. The molecule has 16 heavy (non-hydrogen) atoms. The molecule has 3 nitrogen and oxygen atoms in total. The van der Waals surface area contributed by atoms with Gasteiger partial charge in [-0.25, -0.2) is 0 Å². The third-order valence-electron chi connectivity index (χ3n) is 3.99. The summed E-state index contributed by atoms with van der Waals surface area (Å²) in [5.74, 6) is 1.53. The Balaban J connectivity index is 1.78. The highest BCUT2D eigenvalue weighted by Crippen LogP contribution is 2.19. The lowest BCUT2D eigenvalue weighted by Gasteiger charge is -2.36. The summed E-state index contributed by atoms with van der Waals surface area (Å²) in [5, 5.41) is 0. The van der Waals surface area contributed by atoms with Gasteiger partial charge in [-0.2, -0.15) is 0 Å². The Kier molecular flexibility index (Phi) is 3.98. The Morgan fingerprint density at radius 2 is 2.12 bits per heavy atom. The summed E-state index contributed by atoms with van der Waals surface area (Å²) in [5.41, 5.74) is 0. The van der Waals surface area contributed by atoms with Crippen LogP contribution in [0, 0.1) is 11.8 Å². The quantitative estimate of drug-likeness (QED) is 0.705. The zero-order valence-electron chi connectivity index (χ0n) is 10.6. The second kappa shape index (κ2) is 5.28. The van der Waals surface area contributed by atoms with Gasteiger partial charge in [-0.3, -0.25) is 4.79 Å². The van der Waals surface area contributed by atoms with Gasteiger partial charge in [-0.15, -0.1) is 0 Å². The Hall–Kier alpha value is -0.410. The molecule has 3 heteroatoms. The summed E-state index contributed by atoms with van der Waals surface area (Å²) in [6.07, 6.45) is 3.47. The molecule has 2 atom stereocenters. The van der Waals surface area contributed by atoms with Crippen LogP contribution in [-0.4, -0.2) is 55.4 Å². The number of likely N-dealkylation sites (tertiary alicyclic amines) is 2. The zero-order chi connectivity index (χ0) is 11.5. The van der Waals surface area contributed by atoms with Crippen molar-refractivity contribution in [2.45, 2.75) is 26.2 Å². The first-order chi connectivity index (χ1) is 7.65. The average Bonchev–Trinajstić information content (AvgIpc) is 2.24. The van der Waals surface area contributed by atoms with Gasteiger partial charge in [0.2, 0.25) is 0 Å². The van der Waals surface area contributed by atoms with Crippen LogP contribution >= 0.6 is 0 Å². The van der Waals surface area contributed by atoms with Gasteiger partial charge in [0, 0.05) is 38.5 Å². The van der Waals surface area contributed by atoms with Gasteiger partial charge >= 0.3 is 0 Å². The number of carbonyl (C=O) groups excluding carboxylic acids is 1. The lowest BCUT2D eigenvalue weighted by Crippen LogP contribution is -2.45. The van der Waals surface area contributed by atoms with E-state index < -0.39 is 0 Å². The molecule has 0 N–H and O–H groups in total. The molecule has 0 spiro atoms. The first-order valence-corrected chi connectivity index (χ1v) is 6.59. The normalized spacial score (nSPS) is 34.2. The summed E-state index contributed by atoms with van der Waals surface area (Å²) in [6, 6.07) is 0. The van der Waals surface area contributed by atoms with E-state index in [0.29, 0.717) is 5.78 Å². The fourth-order valence-corrected chi connectivity index (χ4v) is 3.05. The monoisotopic (exact) mass is 224 g/mol. The molecular formula is C13H24N2O. The molecule has 2 unspecified atom stereocenters. The maximum absolute atomic E-state index is 11.4. The van der Waals surface area contributed by atoms with E-state index in [2.05, 4.69) is 23.8 Å². The Morgan fingerprint density at radius 1 is 1.31 bits per heavy atom. The van der Waals surface area contributed by atoms with Crippen LogP contribution in [-0.2, 0) is 4.79 Å². The molecule has 2 fully saturated rings. The highest BCUT2D eigenvalue weighted by atomic mass is 16.1. The Labute approximate surface area is 98.8 Å². The summed E-state index contributed by atoms with van der Waals surface area (Å²) >= 11 is 0. The van der Waals surface area contributed by atoms with Gasteiger partial charge < -0.3 is 9.80 Å². The molecule has 0 aromatic heterocycles. The van der Waals surface area contributed by atoms with E-state index in [1.165, 1.54) is 32.5 Å². The van der Waals surface area contributed by atoms with E-state index in [1.807, 2.05) is 0 Å². The molecule has 0 amide bonds. The number of hydrogen-bond acceptors (Lipinski definition) is 3. The van der Waals surface area contributed by atoms with Crippen molar-refractivity contribution in [2.24, 2.45) is 11.8 Å². The van der Waals surface area contributed by atoms with E-state index >= 15 is 0 Å². The topological polar surface area (TPSA) is 23.6 Å². The lowest BCUT2D eigenvalue weighted by atomic mass is 9.94. The zero-order valence-corrected chi connectivity index (χ0v) is 10.6. The Morgan fingerprint density at radius 3 is 2.81 bits per heavy atom. The van der Waals surface area contributed by atoms with Crippen LogP contribution in [0.5, 0.6) is 0 Å². The molecule has 2 aliphatic heterocycles. The first kappa shape index (κ1) is 12.1. The van der Waals surface area contributed by atoms with E-state index in [0.717, 1.165) is 25.4 Å². The molecule has 2 aliphatic rings. The molecule has 0 aromatic rings. The van der Waals surface area contributed by atoms with Crippen molar-refractivity contribution in [1.29, 1.82) is 0 Å². The maximum atomic E-state index is 11.4. The predicted octanol–water partition coefficient (Wildman–Crippen LogP) is 1.24. The maximum Gasteiger partial charge on any atom is 0.138 e. The van der Waals surface area contributed by atoms with Gasteiger partial charge in [0.15, 0.2) is 0 Å². The number of ketones is 1. The number of Topliss-reactive ketones (excluding diaryl/α,β-unsaturated/α-hetero) is 1. The van der Waals surface area contributed by atoms with E-state index in [4.69, 9.17) is 0 Å². The average molecular weight is 224 g/mol. The minimum atomic E-state index is 0.259. The van der Waals surface area contributed by atoms with Gasteiger partial charge in [-0.05, 0) is 32.4 Å². The SMILES string of the molecule is CC1CN(CC2CCCN(C)C2)CCC1=O. The van der Waals surface area contributed by atoms with Crippen LogP contribution in [0.25, 0.3) is 0 Å². The van der Waals surface area contributed by atoms with Gasteiger partial charge in [0.1, 0.15) is 5.78 Å². The smallest absolute Gasteiger partial charge is 0.138 e. The number of hydrogen-bond donors (Lipinski definition) is 0. The molecular weight excluding hydrogens is 200 g/mol. The van der Waals surface area contributed by atoms with Crippen molar-refractivity contribution >= 4 is 5.78 Å². The van der Waals surface area contributed by atoms with Crippen molar-refractivity contribution in [3.8, 4) is 0 Å². The molecule has 2 heterocycles. The molecule has 0 aromatic carbocycles. The largest absolute Gasteiger partial charge is 0.306 e. The molecule has 92 valence electrons. The Bertz CT molecular complexity index is 254. The molecule has 2 rings (SSSR count). The van der Waals surface area contributed by atoms with Gasteiger partial charge in [0.25, 0.3) is 0 Å². The fraction of sp³-hybridized carbons (Fsp3) is 0.923. The van der Waals surface area contributed by atoms with E-state index in [9.17, 15) is 4.79 Å².